The molecule has 0 aliphatic heterocycles. The highest BCUT2D eigenvalue weighted by molar-refractivity contribution is 5.61. The second-order valence-electron chi connectivity index (χ2n) is 3.27. The van der Waals surface area contributed by atoms with Gasteiger partial charge in [-0.25, -0.2) is 4.98 Å². The fourth-order valence-corrected chi connectivity index (χ4v) is 1.33. The molecule has 0 saturated carbocycles. The van der Waals surface area contributed by atoms with E-state index in [0.29, 0.717) is 11.5 Å². The van der Waals surface area contributed by atoms with Crippen molar-refractivity contribution in [3.05, 3.63) is 18.7 Å². The Morgan fingerprint density at radius 3 is 3.20 bits per heavy atom. The van der Waals surface area contributed by atoms with Crippen LogP contribution < -0.4 is 5.32 Å². The highest BCUT2D eigenvalue weighted by Crippen LogP contribution is 2.11. The van der Waals surface area contributed by atoms with Crippen LogP contribution in [0.2, 0.25) is 0 Å². The van der Waals surface area contributed by atoms with Crippen molar-refractivity contribution in [3.8, 4) is 0 Å². The summed E-state index contributed by atoms with van der Waals surface area (Å²) in [4.78, 5) is 4.17. The van der Waals surface area contributed by atoms with Crippen LogP contribution in [0, 0.1) is 0 Å². The van der Waals surface area contributed by atoms with Gasteiger partial charge in [0.05, 0.1) is 12.6 Å². The predicted molar refractivity (Wildman–Crippen MR) is 55.6 cm³/mol. The lowest BCUT2D eigenvalue weighted by atomic mass is 10.2. The highest BCUT2D eigenvalue weighted by Gasteiger charge is 2.09. The molecule has 1 atom stereocenters. The first-order valence-electron chi connectivity index (χ1n) is 4.87. The third-order valence-electron chi connectivity index (χ3n) is 2.27. The topological polar surface area (TPSA) is 75.3 Å². The number of aromatic nitrogens is 4. The van der Waals surface area contributed by atoms with Gasteiger partial charge in [-0.1, -0.05) is 6.92 Å². The van der Waals surface area contributed by atoms with Crippen LogP contribution in [0.3, 0.4) is 0 Å². The summed E-state index contributed by atoms with van der Waals surface area (Å²) < 4.78 is 1.78. The minimum Gasteiger partial charge on any atom is -0.394 e. The molecule has 0 saturated heterocycles. The standard InChI is InChI=1S/C9H13N5O/c1-2-7(5-15)12-8-9-13-11-6-14(9)4-3-10-8/h3-4,6-7,15H,2,5H2,1H3,(H,10,12). The first-order valence-corrected chi connectivity index (χ1v) is 4.87. The summed E-state index contributed by atoms with van der Waals surface area (Å²) in [7, 11) is 0. The summed E-state index contributed by atoms with van der Waals surface area (Å²) in [6.07, 6.45) is 5.89. The number of anilines is 1. The van der Waals surface area contributed by atoms with Gasteiger partial charge in [-0.05, 0) is 6.42 Å². The molecule has 0 aromatic carbocycles. The number of nitrogens with zero attached hydrogens (tertiary/aromatic N) is 4. The molecular weight excluding hydrogens is 194 g/mol. The zero-order valence-corrected chi connectivity index (χ0v) is 8.46. The fourth-order valence-electron chi connectivity index (χ4n) is 1.33. The van der Waals surface area contributed by atoms with Crippen molar-refractivity contribution in [1.82, 2.24) is 19.6 Å². The molecular formula is C9H13N5O. The van der Waals surface area contributed by atoms with Crippen molar-refractivity contribution in [2.45, 2.75) is 19.4 Å². The number of aliphatic hydroxyl groups excluding tert-OH is 1. The number of nitrogens with one attached hydrogen (secondary N) is 1. The van der Waals surface area contributed by atoms with E-state index in [1.165, 1.54) is 0 Å². The molecule has 2 aromatic rings. The lowest BCUT2D eigenvalue weighted by molar-refractivity contribution is 0.271. The number of hydrogen-bond donors (Lipinski definition) is 2. The van der Waals surface area contributed by atoms with E-state index in [9.17, 15) is 0 Å². The molecule has 2 rings (SSSR count). The minimum atomic E-state index is 0.000370. The van der Waals surface area contributed by atoms with Crippen LogP contribution in [0.25, 0.3) is 5.65 Å². The van der Waals surface area contributed by atoms with Gasteiger partial charge in [0.2, 0.25) is 5.65 Å². The van der Waals surface area contributed by atoms with E-state index in [1.54, 1.807) is 23.1 Å². The number of aliphatic hydroxyl groups is 1. The molecule has 0 aliphatic carbocycles. The van der Waals surface area contributed by atoms with Crippen molar-refractivity contribution >= 4 is 11.5 Å². The van der Waals surface area contributed by atoms with Gasteiger partial charge in [-0.15, -0.1) is 10.2 Å². The van der Waals surface area contributed by atoms with Crippen LogP contribution in [0.5, 0.6) is 0 Å². The maximum Gasteiger partial charge on any atom is 0.203 e. The molecule has 0 fully saturated rings. The Morgan fingerprint density at radius 2 is 2.47 bits per heavy atom. The Morgan fingerprint density at radius 1 is 1.60 bits per heavy atom. The quantitative estimate of drug-likeness (QED) is 0.754. The largest absolute Gasteiger partial charge is 0.394 e. The molecule has 80 valence electrons. The Balaban J connectivity index is 2.30. The second-order valence-corrected chi connectivity index (χ2v) is 3.27. The van der Waals surface area contributed by atoms with Crippen LogP contribution in [-0.4, -0.2) is 37.3 Å². The van der Waals surface area contributed by atoms with Crippen LogP contribution >= 0.6 is 0 Å². The highest BCUT2D eigenvalue weighted by atomic mass is 16.3. The number of rotatable bonds is 4. The Bertz CT molecular complexity index is 437. The van der Waals surface area contributed by atoms with E-state index in [4.69, 9.17) is 5.11 Å². The van der Waals surface area contributed by atoms with E-state index in [1.807, 2.05) is 6.92 Å². The zero-order valence-electron chi connectivity index (χ0n) is 8.46. The molecule has 0 aliphatic rings. The predicted octanol–water partition coefficient (Wildman–Crippen LogP) is 0.307. The molecule has 0 spiro atoms. The van der Waals surface area contributed by atoms with Gasteiger partial charge in [0.15, 0.2) is 5.82 Å². The number of fused-ring (bicyclic) bond motifs is 1. The SMILES string of the molecule is CCC(CO)Nc1nccn2cnnc12. The molecule has 0 amide bonds. The summed E-state index contributed by atoms with van der Waals surface area (Å²) in [6.45, 7) is 2.07. The van der Waals surface area contributed by atoms with E-state index in [-0.39, 0.29) is 12.6 Å². The fraction of sp³-hybridized carbons (Fsp3) is 0.444. The zero-order chi connectivity index (χ0) is 10.7. The molecule has 2 N–H and O–H groups in total. The maximum absolute atomic E-state index is 9.08. The molecule has 2 heterocycles. The maximum atomic E-state index is 9.08. The van der Waals surface area contributed by atoms with Crippen LogP contribution in [0.4, 0.5) is 5.82 Å². The lowest BCUT2D eigenvalue weighted by Crippen LogP contribution is -2.23. The normalized spacial score (nSPS) is 12.9. The van der Waals surface area contributed by atoms with Gasteiger partial charge in [0, 0.05) is 12.4 Å². The minimum absolute atomic E-state index is 0.000370. The molecule has 1 unspecified atom stereocenters. The molecule has 0 radical (unpaired) electrons. The first kappa shape index (κ1) is 9.85. The summed E-state index contributed by atoms with van der Waals surface area (Å²) in [5.74, 6) is 0.649. The molecule has 6 nitrogen and oxygen atoms in total. The van der Waals surface area contributed by atoms with E-state index in [0.717, 1.165) is 6.42 Å². The average Bonchev–Trinajstić information content (AvgIpc) is 2.74. The van der Waals surface area contributed by atoms with E-state index < -0.39 is 0 Å². The van der Waals surface area contributed by atoms with Crippen molar-refractivity contribution < 1.29 is 5.11 Å². The van der Waals surface area contributed by atoms with Gasteiger partial charge >= 0.3 is 0 Å². The van der Waals surface area contributed by atoms with Crippen molar-refractivity contribution in [2.24, 2.45) is 0 Å². The Hall–Kier alpha value is -1.69. The van der Waals surface area contributed by atoms with Gasteiger partial charge in [-0.3, -0.25) is 4.40 Å². The second kappa shape index (κ2) is 4.22. The average molecular weight is 207 g/mol. The van der Waals surface area contributed by atoms with Gasteiger partial charge in [-0.2, -0.15) is 0 Å². The van der Waals surface area contributed by atoms with Crippen LogP contribution in [0.1, 0.15) is 13.3 Å². The van der Waals surface area contributed by atoms with Crippen LogP contribution in [-0.2, 0) is 0 Å². The first-order chi connectivity index (χ1) is 7.35. The smallest absolute Gasteiger partial charge is 0.203 e. The van der Waals surface area contributed by atoms with Crippen LogP contribution in [0.15, 0.2) is 18.7 Å². The van der Waals surface area contributed by atoms with Gasteiger partial charge in [0.25, 0.3) is 0 Å². The third-order valence-corrected chi connectivity index (χ3v) is 2.27. The Kier molecular flexibility index (Phi) is 2.77. The number of hydrogen-bond acceptors (Lipinski definition) is 5. The summed E-state index contributed by atoms with van der Waals surface area (Å²) >= 11 is 0. The van der Waals surface area contributed by atoms with Crippen molar-refractivity contribution in [3.63, 3.8) is 0 Å². The third kappa shape index (κ3) is 1.89. The summed E-state index contributed by atoms with van der Waals surface area (Å²) in [5.41, 5.74) is 0.671. The Labute approximate surface area is 87.0 Å². The summed E-state index contributed by atoms with van der Waals surface area (Å²) in [5, 5.41) is 19.9. The molecule has 0 bridgehead atoms. The van der Waals surface area contributed by atoms with Crippen molar-refractivity contribution in [1.29, 1.82) is 0 Å². The van der Waals surface area contributed by atoms with Gasteiger partial charge in [0.1, 0.15) is 6.33 Å². The molecule has 2 aromatic heterocycles. The molecule has 6 heteroatoms. The van der Waals surface area contributed by atoms with E-state index in [2.05, 4.69) is 20.5 Å². The van der Waals surface area contributed by atoms with Gasteiger partial charge < -0.3 is 10.4 Å². The van der Waals surface area contributed by atoms with Crippen molar-refractivity contribution in [2.75, 3.05) is 11.9 Å². The monoisotopic (exact) mass is 207 g/mol. The molecule has 15 heavy (non-hydrogen) atoms. The summed E-state index contributed by atoms with van der Waals surface area (Å²) in [6, 6.07) is 0.000370. The lowest BCUT2D eigenvalue weighted by Gasteiger charge is -2.14. The van der Waals surface area contributed by atoms with E-state index >= 15 is 0 Å².